The van der Waals surface area contributed by atoms with E-state index in [0.717, 1.165) is 42.8 Å². The molecule has 4 atom stereocenters. The highest BCUT2D eigenvalue weighted by atomic mass is 19.4. The number of aromatic nitrogens is 4. The van der Waals surface area contributed by atoms with Gasteiger partial charge in [0, 0.05) is 72.3 Å². The van der Waals surface area contributed by atoms with E-state index in [1.165, 1.54) is 0 Å². The number of pyridine rings is 1. The highest BCUT2D eigenvalue weighted by Gasteiger charge is 2.59. The quantitative estimate of drug-likeness (QED) is 0.150. The van der Waals surface area contributed by atoms with Crippen molar-refractivity contribution in [3.8, 4) is 28.5 Å². The van der Waals surface area contributed by atoms with Crippen LogP contribution in [0.15, 0.2) is 67.1 Å². The number of carbonyl (C=O) groups is 2. The average Bonchev–Trinajstić information content (AvgIpc) is 3.81. The van der Waals surface area contributed by atoms with Gasteiger partial charge in [0.15, 0.2) is 5.82 Å². The molecule has 3 aliphatic rings. The van der Waals surface area contributed by atoms with E-state index in [9.17, 15) is 22.8 Å². The van der Waals surface area contributed by atoms with Gasteiger partial charge in [-0.15, -0.1) is 0 Å². The van der Waals surface area contributed by atoms with E-state index in [1.807, 2.05) is 35.7 Å². The second-order valence-corrected chi connectivity index (χ2v) is 13.7. The fourth-order valence-electron chi connectivity index (χ4n) is 7.84. The molecule has 1 saturated carbocycles. The lowest BCUT2D eigenvalue weighted by Gasteiger charge is -2.36. The number of imidazole rings is 1. The summed E-state index contributed by atoms with van der Waals surface area (Å²) in [5, 5.41) is 6.05. The molecule has 2 N–H and O–H groups in total. The molecular formula is C39H38F3N7O5. The van der Waals surface area contributed by atoms with E-state index in [1.54, 1.807) is 38.6 Å². The second-order valence-electron chi connectivity index (χ2n) is 13.7. The van der Waals surface area contributed by atoms with Gasteiger partial charge in [0.2, 0.25) is 5.91 Å². The van der Waals surface area contributed by atoms with Gasteiger partial charge in [0.05, 0.1) is 26.4 Å². The van der Waals surface area contributed by atoms with Crippen LogP contribution in [0.1, 0.15) is 59.4 Å². The fourth-order valence-corrected chi connectivity index (χ4v) is 7.84. The van der Waals surface area contributed by atoms with E-state index < -0.39 is 17.6 Å². The number of halogens is 3. The van der Waals surface area contributed by atoms with Gasteiger partial charge in [-0.1, -0.05) is 0 Å². The Balaban J connectivity index is 1.17. The van der Waals surface area contributed by atoms with Crippen molar-refractivity contribution in [1.82, 2.24) is 24.3 Å². The number of anilines is 2. The summed E-state index contributed by atoms with van der Waals surface area (Å²) in [5.74, 6) is 3.27. The zero-order chi connectivity index (χ0) is 37.7. The van der Waals surface area contributed by atoms with Crippen molar-refractivity contribution in [1.29, 1.82) is 0 Å². The van der Waals surface area contributed by atoms with Crippen molar-refractivity contribution in [2.75, 3.05) is 38.0 Å². The number of fused-ring (bicyclic) bond motifs is 4. The summed E-state index contributed by atoms with van der Waals surface area (Å²) < 4.78 is 58.3. The summed E-state index contributed by atoms with van der Waals surface area (Å²) in [6, 6.07) is 12.8. The van der Waals surface area contributed by atoms with Gasteiger partial charge >= 0.3 is 6.18 Å². The van der Waals surface area contributed by atoms with Gasteiger partial charge < -0.3 is 29.7 Å². The van der Waals surface area contributed by atoms with Crippen molar-refractivity contribution in [2.45, 2.75) is 50.9 Å². The lowest BCUT2D eigenvalue weighted by molar-refractivity contribution is -0.137. The molecule has 2 saturated heterocycles. The first-order chi connectivity index (χ1) is 26.1. The molecule has 0 spiro atoms. The van der Waals surface area contributed by atoms with Crippen molar-refractivity contribution < 1.29 is 37.0 Å². The predicted octanol–water partition coefficient (Wildman–Crippen LogP) is 6.81. The molecule has 2 aromatic carbocycles. The first-order valence-corrected chi connectivity index (χ1v) is 17.8. The van der Waals surface area contributed by atoms with Gasteiger partial charge in [-0.3, -0.25) is 14.0 Å². The van der Waals surface area contributed by atoms with Crippen LogP contribution in [0.2, 0.25) is 0 Å². The largest absolute Gasteiger partial charge is 0.497 e. The highest BCUT2D eigenvalue weighted by molar-refractivity contribution is 6.04. The smallest absolute Gasteiger partial charge is 0.417 e. The Hall–Kier alpha value is -5.86. The van der Waals surface area contributed by atoms with E-state index in [0.29, 0.717) is 71.1 Å². The standard InChI is InChI=1S/C39H38F3N7O5/c1-4-54-31-15-21(37(50)46-32-12-8-24(19-44-32)39(40,41)42)6-10-26(31)33-34-35(45-18-22-5-9-25(52-2)16-30(22)53-3)43-13-14-48(34)36(47-33)23-7-11-29-27-17-28(27)38(51)49(29)20-23/h5-6,8-10,12-16,19,23,27-29H,4,7,11,17-18,20H2,1-3H3,(H,43,45)(H,44,46,50). The van der Waals surface area contributed by atoms with Crippen molar-refractivity contribution >= 4 is 29.0 Å². The molecule has 8 rings (SSSR count). The summed E-state index contributed by atoms with van der Waals surface area (Å²) in [6.07, 6.45) is 2.49. The van der Waals surface area contributed by atoms with Crippen molar-refractivity contribution in [3.05, 3.63) is 89.6 Å². The normalized spacial score (nSPS) is 20.3. The van der Waals surface area contributed by atoms with Crippen LogP contribution < -0.4 is 24.8 Å². The number of rotatable bonds is 11. The lowest BCUT2D eigenvalue weighted by atomic mass is 9.91. The van der Waals surface area contributed by atoms with Crippen LogP contribution in [-0.4, -0.2) is 69.5 Å². The number of hydrogen-bond acceptors (Lipinski definition) is 9. The molecule has 280 valence electrons. The molecule has 0 radical (unpaired) electrons. The monoisotopic (exact) mass is 741 g/mol. The molecule has 15 heteroatoms. The van der Waals surface area contributed by atoms with E-state index in [-0.39, 0.29) is 35.7 Å². The zero-order valence-corrected chi connectivity index (χ0v) is 29.8. The number of hydrogen-bond donors (Lipinski definition) is 2. The third kappa shape index (κ3) is 6.41. The molecule has 1 aliphatic carbocycles. The molecular weight excluding hydrogens is 703 g/mol. The Kier molecular flexibility index (Phi) is 9.02. The topological polar surface area (TPSA) is 132 Å². The summed E-state index contributed by atoms with van der Waals surface area (Å²) in [5.41, 5.74) is 2.03. The molecule has 3 aromatic heterocycles. The Labute approximate surface area is 308 Å². The number of nitrogens with zero attached hydrogens (tertiary/aromatic N) is 5. The Bertz CT molecular complexity index is 2240. The molecule has 4 unspecified atom stereocenters. The molecule has 0 bridgehead atoms. The predicted molar refractivity (Wildman–Crippen MR) is 193 cm³/mol. The minimum atomic E-state index is -4.55. The second kappa shape index (κ2) is 13.8. The van der Waals surface area contributed by atoms with Gasteiger partial charge in [0.1, 0.15) is 40.1 Å². The zero-order valence-electron chi connectivity index (χ0n) is 29.8. The number of methoxy groups -OCH3 is 2. The van der Waals surface area contributed by atoms with Crippen LogP contribution >= 0.6 is 0 Å². The number of alkyl halides is 3. The Morgan fingerprint density at radius 3 is 2.61 bits per heavy atom. The first kappa shape index (κ1) is 35.2. The molecule has 5 heterocycles. The van der Waals surface area contributed by atoms with Crippen LogP contribution in [0.3, 0.4) is 0 Å². The van der Waals surface area contributed by atoms with E-state index in [2.05, 4.69) is 20.5 Å². The molecule has 2 aliphatic heterocycles. The minimum absolute atomic E-state index is 0.0291. The van der Waals surface area contributed by atoms with E-state index >= 15 is 0 Å². The SMILES string of the molecule is CCOc1cc(C(=O)Nc2ccc(C(F)(F)F)cn2)ccc1-c1nc(C2CCC3C4CC4C(=O)N3C2)n2ccnc(NCc3ccc(OC)cc3OC)c12. The van der Waals surface area contributed by atoms with Crippen LogP contribution in [0.25, 0.3) is 16.8 Å². The maximum atomic E-state index is 13.3. The van der Waals surface area contributed by atoms with Crippen molar-refractivity contribution in [3.63, 3.8) is 0 Å². The molecule has 3 fully saturated rings. The van der Waals surface area contributed by atoms with E-state index in [4.69, 9.17) is 24.2 Å². The maximum absolute atomic E-state index is 13.3. The number of carbonyl (C=O) groups excluding carboxylic acids is 2. The maximum Gasteiger partial charge on any atom is 0.417 e. The third-order valence-corrected chi connectivity index (χ3v) is 10.6. The third-order valence-electron chi connectivity index (χ3n) is 10.6. The summed E-state index contributed by atoms with van der Waals surface area (Å²) in [6.45, 7) is 3.05. The molecule has 12 nitrogen and oxygen atoms in total. The van der Waals surface area contributed by atoms with Crippen LogP contribution in [0.4, 0.5) is 24.8 Å². The summed E-state index contributed by atoms with van der Waals surface area (Å²) in [7, 11) is 3.19. The molecule has 5 aromatic rings. The van der Waals surface area contributed by atoms with Crippen LogP contribution in [0.5, 0.6) is 17.2 Å². The average molecular weight is 742 g/mol. The number of nitrogens with one attached hydrogen (secondary N) is 2. The summed E-state index contributed by atoms with van der Waals surface area (Å²) >= 11 is 0. The summed E-state index contributed by atoms with van der Waals surface area (Å²) in [4.78, 5) is 42.3. The molecule has 2 amide bonds. The van der Waals surface area contributed by atoms with Gasteiger partial charge in [-0.05, 0) is 74.6 Å². The first-order valence-electron chi connectivity index (χ1n) is 17.8. The number of benzene rings is 2. The molecule has 54 heavy (non-hydrogen) atoms. The highest BCUT2D eigenvalue weighted by Crippen LogP contribution is 2.54. The Morgan fingerprint density at radius 1 is 1.02 bits per heavy atom. The van der Waals surface area contributed by atoms with Gasteiger partial charge in [-0.25, -0.2) is 15.0 Å². The number of piperidine rings is 2. The van der Waals surface area contributed by atoms with Crippen molar-refractivity contribution in [2.24, 2.45) is 11.8 Å². The number of amides is 2. The van der Waals surface area contributed by atoms with Crippen LogP contribution in [0, 0.1) is 11.8 Å². The van der Waals surface area contributed by atoms with Gasteiger partial charge in [0.25, 0.3) is 5.91 Å². The minimum Gasteiger partial charge on any atom is -0.497 e. The van der Waals surface area contributed by atoms with Crippen LogP contribution in [-0.2, 0) is 17.5 Å². The lowest BCUT2D eigenvalue weighted by Crippen LogP contribution is -2.43. The number of ether oxygens (including phenoxy) is 3. The van der Waals surface area contributed by atoms with Gasteiger partial charge in [-0.2, -0.15) is 13.2 Å². The fraction of sp³-hybridized carbons (Fsp3) is 0.359. The Morgan fingerprint density at radius 2 is 1.87 bits per heavy atom.